The molecule has 1 aliphatic heterocycles. The van der Waals surface area contributed by atoms with Crippen molar-refractivity contribution >= 4 is 23.4 Å². The highest BCUT2D eigenvalue weighted by atomic mass is 32.2. The molecule has 1 aromatic carbocycles. The second kappa shape index (κ2) is 9.39. The monoisotopic (exact) mass is 422 g/mol. The van der Waals surface area contributed by atoms with E-state index in [1.807, 2.05) is 11.2 Å². The van der Waals surface area contributed by atoms with Crippen LogP contribution in [-0.4, -0.2) is 41.8 Å². The molecule has 2 heterocycles. The Labute approximate surface area is 172 Å². The summed E-state index contributed by atoms with van der Waals surface area (Å²) in [6.07, 6.45) is 3.24. The molecule has 0 spiro atoms. The second-order valence-corrected chi connectivity index (χ2v) is 7.94. The lowest BCUT2D eigenvalue weighted by atomic mass is 10.1. The molecule has 0 radical (unpaired) electrons. The Balaban J connectivity index is 1.47. The van der Waals surface area contributed by atoms with E-state index in [-0.39, 0.29) is 23.8 Å². The van der Waals surface area contributed by atoms with Crippen LogP contribution in [0.4, 0.5) is 14.5 Å². The molecular weight excluding hydrogens is 398 g/mol. The number of rotatable bonds is 7. The van der Waals surface area contributed by atoms with Gasteiger partial charge >= 0.3 is 0 Å². The Morgan fingerprint density at radius 1 is 1.38 bits per heavy atom. The predicted molar refractivity (Wildman–Crippen MR) is 109 cm³/mol. The van der Waals surface area contributed by atoms with Gasteiger partial charge in [0.05, 0.1) is 0 Å². The van der Waals surface area contributed by atoms with Crippen LogP contribution < -0.4 is 15.8 Å². The van der Waals surface area contributed by atoms with Crippen molar-refractivity contribution in [2.45, 2.75) is 31.3 Å². The third-order valence-corrected chi connectivity index (χ3v) is 5.72. The molecule has 0 saturated carbocycles. The van der Waals surface area contributed by atoms with Gasteiger partial charge in [-0.2, -0.15) is 0 Å². The fourth-order valence-corrected chi connectivity index (χ4v) is 3.90. The van der Waals surface area contributed by atoms with Crippen molar-refractivity contribution in [2.24, 2.45) is 5.92 Å². The lowest BCUT2D eigenvalue weighted by Gasteiger charge is -2.19. The molecule has 1 atom stereocenters. The zero-order chi connectivity index (χ0) is 21.0. The molecule has 1 unspecified atom stereocenters. The van der Waals surface area contributed by atoms with Crippen molar-refractivity contribution in [2.75, 3.05) is 30.8 Å². The Kier molecular flexibility index (Phi) is 6.89. The van der Waals surface area contributed by atoms with Gasteiger partial charge in [-0.3, -0.25) is 9.59 Å². The summed E-state index contributed by atoms with van der Waals surface area (Å²) in [6.45, 7) is 3.68. The number of hydrogen-bond donors (Lipinski definition) is 2. The number of aryl methyl sites for hydroxylation is 1. The van der Waals surface area contributed by atoms with E-state index in [0.29, 0.717) is 41.6 Å². The Bertz CT molecular complexity index is 951. The maximum Gasteiger partial charge on any atom is 0.254 e. The number of halogens is 2. The van der Waals surface area contributed by atoms with Crippen molar-refractivity contribution in [3.63, 3.8) is 0 Å². The quantitative estimate of drug-likeness (QED) is 0.530. The van der Waals surface area contributed by atoms with Crippen molar-refractivity contribution in [1.29, 1.82) is 0 Å². The van der Waals surface area contributed by atoms with Gasteiger partial charge < -0.3 is 15.2 Å². The molecule has 1 saturated heterocycles. The minimum absolute atomic E-state index is 0.121. The van der Waals surface area contributed by atoms with E-state index >= 15 is 0 Å². The summed E-state index contributed by atoms with van der Waals surface area (Å²) in [5.41, 5.74) is 1.62. The topological polar surface area (TPSA) is 78.1 Å². The number of carbonyl (C=O) groups is 1. The molecule has 0 aliphatic carbocycles. The lowest BCUT2D eigenvalue weighted by Crippen LogP contribution is -2.31. The van der Waals surface area contributed by atoms with Gasteiger partial charge in [0, 0.05) is 49.1 Å². The summed E-state index contributed by atoms with van der Waals surface area (Å²) >= 11 is 1.36. The minimum atomic E-state index is -0.857. The number of hydrogen-bond acceptors (Lipinski definition) is 5. The van der Waals surface area contributed by atoms with E-state index in [2.05, 4.69) is 15.3 Å². The molecule has 2 aromatic rings. The van der Waals surface area contributed by atoms with Crippen LogP contribution in [0.3, 0.4) is 0 Å². The summed E-state index contributed by atoms with van der Waals surface area (Å²) in [5, 5.41) is 3.47. The highest BCUT2D eigenvalue weighted by Gasteiger charge is 2.24. The number of benzene rings is 1. The molecule has 156 valence electrons. The van der Waals surface area contributed by atoms with Crippen LogP contribution in [-0.2, 0) is 11.2 Å². The van der Waals surface area contributed by atoms with Crippen LogP contribution in [0.5, 0.6) is 0 Å². The predicted octanol–water partition coefficient (Wildman–Crippen LogP) is 2.65. The number of thioether (sulfide) groups is 1. The van der Waals surface area contributed by atoms with E-state index in [9.17, 15) is 18.4 Å². The highest BCUT2D eigenvalue weighted by Crippen LogP contribution is 2.25. The summed E-state index contributed by atoms with van der Waals surface area (Å²) in [7, 11) is 0. The molecule has 1 amide bonds. The van der Waals surface area contributed by atoms with Crippen molar-refractivity contribution in [1.82, 2.24) is 15.3 Å². The van der Waals surface area contributed by atoms with E-state index < -0.39 is 11.6 Å². The van der Waals surface area contributed by atoms with Gasteiger partial charge in [-0.15, -0.1) is 0 Å². The second-order valence-electron chi connectivity index (χ2n) is 7.14. The van der Waals surface area contributed by atoms with E-state index in [0.717, 1.165) is 19.0 Å². The largest absolute Gasteiger partial charge is 0.371 e. The van der Waals surface area contributed by atoms with Crippen LogP contribution in [0.2, 0.25) is 0 Å². The van der Waals surface area contributed by atoms with Crippen molar-refractivity contribution in [3.05, 3.63) is 51.4 Å². The molecule has 3 rings (SSSR count). The first-order valence-corrected chi connectivity index (χ1v) is 10.7. The van der Waals surface area contributed by atoms with Gasteiger partial charge in [-0.25, -0.2) is 13.8 Å². The number of carbonyl (C=O) groups excluding carboxylic acids is 1. The van der Waals surface area contributed by atoms with E-state index in [1.165, 1.54) is 17.8 Å². The number of aromatic amines is 1. The summed E-state index contributed by atoms with van der Waals surface area (Å²) in [6, 6.07) is 3.89. The van der Waals surface area contributed by atoms with E-state index in [4.69, 9.17) is 0 Å². The van der Waals surface area contributed by atoms with Crippen LogP contribution >= 0.6 is 11.8 Å². The fraction of sp³-hybridized carbons (Fsp3) is 0.450. The number of anilines is 1. The number of H-pyrrole nitrogens is 1. The van der Waals surface area contributed by atoms with Crippen molar-refractivity contribution < 1.29 is 13.6 Å². The lowest BCUT2D eigenvalue weighted by molar-refractivity contribution is -0.121. The molecule has 0 bridgehead atoms. The standard InChI is InChI=1S/C20H24F2N4O2S/c1-12-15(19(28)25-20(24-12)29-2)4-6-18(27)23-10-13-7-8-26(11-13)14-3-5-16(21)17(22)9-14/h3,5,9,13H,4,6-8,10-11H2,1-2H3,(H,23,27)(H,24,25,28). The third kappa shape index (κ3) is 5.35. The van der Waals surface area contributed by atoms with Gasteiger partial charge in [-0.05, 0) is 44.1 Å². The molecule has 9 heteroatoms. The van der Waals surface area contributed by atoms with Crippen LogP contribution in [0, 0.1) is 24.5 Å². The zero-order valence-corrected chi connectivity index (χ0v) is 17.2. The van der Waals surface area contributed by atoms with Crippen LogP contribution in [0.1, 0.15) is 24.1 Å². The maximum atomic E-state index is 13.4. The average Bonchev–Trinajstić information content (AvgIpc) is 3.16. The SMILES string of the molecule is CSc1nc(C)c(CCC(=O)NCC2CCN(c3ccc(F)c(F)c3)C2)c(=O)[nH]1. The number of aromatic nitrogens is 2. The van der Waals surface area contributed by atoms with Gasteiger partial charge in [0.2, 0.25) is 5.91 Å². The van der Waals surface area contributed by atoms with Gasteiger partial charge in [0.25, 0.3) is 5.56 Å². The van der Waals surface area contributed by atoms with Crippen LogP contribution in [0.25, 0.3) is 0 Å². The zero-order valence-electron chi connectivity index (χ0n) is 16.4. The number of amides is 1. The van der Waals surface area contributed by atoms with Gasteiger partial charge in [0.1, 0.15) is 0 Å². The molecule has 1 aliphatic rings. The molecular formula is C20H24F2N4O2S. The smallest absolute Gasteiger partial charge is 0.254 e. The number of nitrogens with zero attached hydrogens (tertiary/aromatic N) is 2. The Morgan fingerprint density at radius 3 is 2.86 bits per heavy atom. The normalized spacial score (nSPS) is 16.3. The molecule has 1 fully saturated rings. The highest BCUT2D eigenvalue weighted by molar-refractivity contribution is 7.98. The van der Waals surface area contributed by atoms with Gasteiger partial charge in [0.15, 0.2) is 16.8 Å². The summed E-state index contributed by atoms with van der Waals surface area (Å²) < 4.78 is 26.5. The first kappa shape index (κ1) is 21.3. The number of nitrogens with one attached hydrogen (secondary N) is 2. The van der Waals surface area contributed by atoms with Gasteiger partial charge in [-0.1, -0.05) is 11.8 Å². The molecule has 29 heavy (non-hydrogen) atoms. The minimum Gasteiger partial charge on any atom is -0.371 e. The molecule has 6 nitrogen and oxygen atoms in total. The first-order chi connectivity index (χ1) is 13.9. The van der Waals surface area contributed by atoms with Crippen molar-refractivity contribution in [3.8, 4) is 0 Å². The third-order valence-electron chi connectivity index (χ3n) is 5.14. The van der Waals surface area contributed by atoms with E-state index in [1.54, 1.807) is 13.0 Å². The molecule has 1 aromatic heterocycles. The fourth-order valence-electron chi connectivity index (χ4n) is 3.48. The summed E-state index contributed by atoms with van der Waals surface area (Å²) in [5.74, 6) is -1.60. The van der Waals surface area contributed by atoms with Crippen LogP contribution in [0.15, 0.2) is 28.2 Å². The maximum absolute atomic E-state index is 13.4. The molecule has 2 N–H and O–H groups in total. The Morgan fingerprint density at radius 2 is 2.17 bits per heavy atom. The average molecular weight is 423 g/mol. The first-order valence-electron chi connectivity index (χ1n) is 9.48. The summed E-state index contributed by atoms with van der Waals surface area (Å²) in [4.78, 5) is 33.3. The Hall–Kier alpha value is -2.42.